The second-order valence-electron chi connectivity index (χ2n) is 3.58. The molecule has 2 heteroatoms. The molecule has 0 fully saturated rings. The standard InChI is InChI=1S/C12H15FO/c1-3-4-9-12(2,14)10-7-5-6-8-11(10)13/h3,5-8,14H,1,4,9H2,2H3. The normalized spacial score (nSPS) is 14.8. The van der Waals surface area contributed by atoms with E-state index >= 15 is 0 Å². The molecule has 0 aliphatic heterocycles. The number of allylic oxidation sites excluding steroid dienone is 1. The van der Waals surface area contributed by atoms with E-state index in [2.05, 4.69) is 6.58 Å². The first kappa shape index (κ1) is 10.9. The summed E-state index contributed by atoms with van der Waals surface area (Å²) < 4.78 is 13.3. The second-order valence-corrected chi connectivity index (χ2v) is 3.58. The number of benzene rings is 1. The molecule has 1 rings (SSSR count). The molecule has 1 unspecified atom stereocenters. The summed E-state index contributed by atoms with van der Waals surface area (Å²) in [4.78, 5) is 0. The first-order valence-corrected chi connectivity index (χ1v) is 4.66. The summed E-state index contributed by atoms with van der Waals surface area (Å²) in [5.41, 5.74) is -0.763. The van der Waals surface area contributed by atoms with Crippen LogP contribution in [0.3, 0.4) is 0 Å². The molecule has 1 nitrogen and oxygen atoms in total. The molecule has 1 N–H and O–H groups in total. The lowest BCUT2D eigenvalue weighted by Gasteiger charge is -2.23. The van der Waals surface area contributed by atoms with Gasteiger partial charge in [0.2, 0.25) is 0 Å². The maximum absolute atomic E-state index is 13.3. The van der Waals surface area contributed by atoms with Gasteiger partial charge in [0.1, 0.15) is 5.82 Å². The molecule has 0 radical (unpaired) electrons. The molecule has 0 aliphatic carbocycles. The highest BCUT2D eigenvalue weighted by Crippen LogP contribution is 2.27. The minimum absolute atomic E-state index is 0.349. The van der Waals surface area contributed by atoms with Crippen molar-refractivity contribution in [3.63, 3.8) is 0 Å². The Labute approximate surface area is 83.9 Å². The largest absolute Gasteiger partial charge is 0.385 e. The van der Waals surface area contributed by atoms with Gasteiger partial charge < -0.3 is 5.11 Å². The fourth-order valence-corrected chi connectivity index (χ4v) is 1.42. The molecule has 1 aromatic rings. The maximum atomic E-state index is 13.3. The predicted molar refractivity (Wildman–Crippen MR) is 55.4 cm³/mol. The second kappa shape index (κ2) is 4.38. The Balaban J connectivity index is 2.91. The van der Waals surface area contributed by atoms with Crippen molar-refractivity contribution in [1.82, 2.24) is 0 Å². The quantitative estimate of drug-likeness (QED) is 0.730. The molecule has 1 atom stereocenters. The van der Waals surface area contributed by atoms with Gasteiger partial charge in [-0.3, -0.25) is 0 Å². The van der Waals surface area contributed by atoms with E-state index < -0.39 is 5.60 Å². The topological polar surface area (TPSA) is 20.2 Å². The Kier molecular flexibility index (Phi) is 3.42. The maximum Gasteiger partial charge on any atom is 0.129 e. The zero-order valence-electron chi connectivity index (χ0n) is 8.33. The van der Waals surface area contributed by atoms with Crippen LogP contribution in [0.1, 0.15) is 25.3 Å². The van der Waals surface area contributed by atoms with Crippen molar-refractivity contribution in [2.24, 2.45) is 0 Å². The van der Waals surface area contributed by atoms with Crippen LogP contribution >= 0.6 is 0 Å². The predicted octanol–water partition coefficient (Wildman–Crippen LogP) is 3.00. The molecule has 0 heterocycles. The first-order valence-electron chi connectivity index (χ1n) is 4.66. The lowest BCUT2D eigenvalue weighted by atomic mass is 9.91. The van der Waals surface area contributed by atoms with Crippen molar-refractivity contribution >= 4 is 0 Å². The van der Waals surface area contributed by atoms with Gasteiger partial charge in [-0.25, -0.2) is 4.39 Å². The lowest BCUT2D eigenvalue weighted by molar-refractivity contribution is 0.0451. The Hall–Kier alpha value is -1.15. The third-order valence-electron chi connectivity index (χ3n) is 2.29. The Bertz CT molecular complexity index is 318. The van der Waals surface area contributed by atoms with E-state index in [-0.39, 0.29) is 5.82 Å². The van der Waals surface area contributed by atoms with E-state index in [0.717, 1.165) is 0 Å². The van der Waals surface area contributed by atoms with Crippen molar-refractivity contribution < 1.29 is 9.50 Å². The van der Waals surface area contributed by atoms with Crippen LogP contribution in [0, 0.1) is 5.82 Å². The fraction of sp³-hybridized carbons (Fsp3) is 0.333. The van der Waals surface area contributed by atoms with Crippen LogP contribution in [0.4, 0.5) is 4.39 Å². The minimum Gasteiger partial charge on any atom is -0.385 e. The van der Waals surface area contributed by atoms with Crippen LogP contribution in [0.15, 0.2) is 36.9 Å². The van der Waals surface area contributed by atoms with Crippen LogP contribution in [-0.2, 0) is 5.60 Å². The third-order valence-corrected chi connectivity index (χ3v) is 2.29. The molecular formula is C12H15FO. The zero-order valence-corrected chi connectivity index (χ0v) is 8.33. The van der Waals surface area contributed by atoms with Crippen molar-refractivity contribution in [3.8, 4) is 0 Å². The highest BCUT2D eigenvalue weighted by Gasteiger charge is 2.24. The SMILES string of the molecule is C=CCCC(C)(O)c1ccccc1F. The number of hydrogen-bond donors (Lipinski definition) is 1. The van der Waals surface area contributed by atoms with Gasteiger partial charge in [-0.15, -0.1) is 6.58 Å². The number of halogens is 1. The number of hydrogen-bond acceptors (Lipinski definition) is 1. The molecule has 0 aliphatic rings. The molecule has 0 bridgehead atoms. The summed E-state index contributed by atoms with van der Waals surface area (Å²) >= 11 is 0. The average Bonchev–Trinajstić information content (AvgIpc) is 2.15. The Morgan fingerprint density at radius 2 is 2.14 bits per heavy atom. The van der Waals surface area contributed by atoms with E-state index in [1.54, 1.807) is 31.2 Å². The summed E-state index contributed by atoms with van der Waals surface area (Å²) in [6.07, 6.45) is 2.87. The third kappa shape index (κ3) is 2.42. The van der Waals surface area contributed by atoms with E-state index in [1.807, 2.05) is 0 Å². The van der Waals surface area contributed by atoms with Gasteiger partial charge in [-0.05, 0) is 25.8 Å². The van der Waals surface area contributed by atoms with Crippen LogP contribution in [0.5, 0.6) is 0 Å². The van der Waals surface area contributed by atoms with Crippen molar-refractivity contribution in [3.05, 3.63) is 48.3 Å². The molecular weight excluding hydrogens is 179 g/mol. The highest BCUT2D eigenvalue weighted by atomic mass is 19.1. The van der Waals surface area contributed by atoms with Crippen LogP contribution in [0.2, 0.25) is 0 Å². The van der Waals surface area contributed by atoms with E-state index in [4.69, 9.17) is 0 Å². The molecule has 76 valence electrons. The van der Waals surface area contributed by atoms with Crippen LogP contribution in [-0.4, -0.2) is 5.11 Å². The van der Waals surface area contributed by atoms with Gasteiger partial charge in [0.05, 0.1) is 5.60 Å². The number of aliphatic hydroxyl groups is 1. The average molecular weight is 194 g/mol. The molecule has 14 heavy (non-hydrogen) atoms. The Morgan fingerprint density at radius 1 is 1.50 bits per heavy atom. The summed E-state index contributed by atoms with van der Waals surface area (Å²) in [6.45, 7) is 5.19. The monoisotopic (exact) mass is 194 g/mol. The summed E-state index contributed by atoms with van der Waals surface area (Å²) in [5, 5.41) is 10.0. The number of rotatable bonds is 4. The van der Waals surface area contributed by atoms with E-state index in [9.17, 15) is 9.50 Å². The molecule has 0 spiro atoms. The lowest BCUT2D eigenvalue weighted by Crippen LogP contribution is -2.22. The minimum atomic E-state index is -1.11. The zero-order chi connectivity index (χ0) is 10.6. The molecule has 0 aromatic heterocycles. The van der Waals surface area contributed by atoms with E-state index in [0.29, 0.717) is 18.4 Å². The van der Waals surface area contributed by atoms with Crippen molar-refractivity contribution in [1.29, 1.82) is 0 Å². The molecule has 0 saturated carbocycles. The molecule has 1 aromatic carbocycles. The van der Waals surface area contributed by atoms with Gasteiger partial charge in [-0.2, -0.15) is 0 Å². The van der Waals surface area contributed by atoms with Gasteiger partial charge in [0, 0.05) is 5.56 Å². The van der Waals surface area contributed by atoms with Crippen molar-refractivity contribution in [2.75, 3.05) is 0 Å². The van der Waals surface area contributed by atoms with Gasteiger partial charge in [0.25, 0.3) is 0 Å². The van der Waals surface area contributed by atoms with Gasteiger partial charge in [-0.1, -0.05) is 24.3 Å². The fourth-order valence-electron chi connectivity index (χ4n) is 1.42. The van der Waals surface area contributed by atoms with E-state index in [1.165, 1.54) is 6.07 Å². The van der Waals surface area contributed by atoms with Crippen molar-refractivity contribution in [2.45, 2.75) is 25.4 Å². The first-order chi connectivity index (χ1) is 6.58. The highest BCUT2D eigenvalue weighted by molar-refractivity contribution is 5.23. The van der Waals surface area contributed by atoms with Gasteiger partial charge in [0.15, 0.2) is 0 Å². The molecule has 0 saturated heterocycles. The molecule has 0 amide bonds. The summed E-state index contributed by atoms with van der Waals surface area (Å²) in [7, 11) is 0. The Morgan fingerprint density at radius 3 is 2.71 bits per heavy atom. The summed E-state index contributed by atoms with van der Waals surface area (Å²) in [5.74, 6) is -0.360. The smallest absolute Gasteiger partial charge is 0.129 e. The van der Waals surface area contributed by atoms with Gasteiger partial charge >= 0.3 is 0 Å². The van der Waals surface area contributed by atoms with Crippen LogP contribution in [0.25, 0.3) is 0 Å². The van der Waals surface area contributed by atoms with Crippen LogP contribution < -0.4 is 0 Å². The summed E-state index contributed by atoms with van der Waals surface area (Å²) in [6, 6.07) is 6.30.